The summed E-state index contributed by atoms with van der Waals surface area (Å²) in [6, 6.07) is 10.9. The number of piperidine rings is 1. The number of nitrogens with one attached hydrogen (secondary N) is 2. The molecule has 0 atom stereocenters. The zero-order chi connectivity index (χ0) is 33.0. The van der Waals surface area contributed by atoms with Crippen molar-refractivity contribution in [2.45, 2.75) is 38.4 Å². The third kappa shape index (κ3) is 7.44. The highest BCUT2D eigenvalue weighted by molar-refractivity contribution is 5.97. The Balaban J connectivity index is 1.34. The number of hydrogen-bond acceptors (Lipinski definition) is 9. The largest absolute Gasteiger partial charge is 0.497 e. The first-order valence-corrected chi connectivity index (χ1v) is 15.3. The molecular formula is C32H39F3N8O3. The predicted molar refractivity (Wildman–Crippen MR) is 170 cm³/mol. The molecule has 3 aromatic rings. The molecule has 2 aliphatic rings. The van der Waals surface area contributed by atoms with Crippen LogP contribution in [0, 0.1) is 0 Å². The molecule has 3 heterocycles. The Labute approximate surface area is 265 Å². The van der Waals surface area contributed by atoms with E-state index in [9.17, 15) is 22.8 Å². The number of primary amides is 1. The van der Waals surface area contributed by atoms with Gasteiger partial charge in [-0.25, -0.2) is 9.97 Å². The standard InChI is InChI=1S/C32H39F3N8O3/c1-4-25-29(37-21-11-13-43(14-12-21)31(45)20-5-8-23(46-3)9-6-20)40-30(27(39-25)28(36)44)38-22-7-10-26(24(19-22)32(33,34)35)42-17-15-41(2)16-18-42/h5-10,19,21H,4,11-18H2,1-3H3,(H2,36,44)(H2,37,38,40). The van der Waals surface area contributed by atoms with Crippen LogP contribution in [-0.2, 0) is 12.6 Å². The van der Waals surface area contributed by atoms with Crippen molar-refractivity contribution >= 4 is 34.8 Å². The lowest BCUT2D eigenvalue weighted by molar-refractivity contribution is -0.137. The van der Waals surface area contributed by atoms with Crippen LogP contribution in [0.15, 0.2) is 42.5 Å². The molecule has 2 fully saturated rings. The zero-order valence-electron chi connectivity index (χ0n) is 26.2. The quantitative estimate of drug-likeness (QED) is 0.312. The molecule has 2 saturated heterocycles. The summed E-state index contributed by atoms with van der Waals surface area (Å²) in [6.07, 6.45) is -2.90. The first-order valence-electron chi connectivity index (χ1n) is 15.3. The van der Waals surface area contributed by atoms with E-state index in [0.29, 0.717) is 81.4 Å². The van der Waals surface area contributed by atoms with Gasteiger partial charge in [-0.05, 0) is 68.8 Å². The van der Waals surface area contributed by atoms with Gasteiger partial charge in [0.15, 0.2) is 17.3 Å². The van der Waals surface area contributed by atoms with Crippen molar-refractivity contribution < 1.29 is 27.5 Å². The molecule has 46 heavy (non-hydrogen) atoms. The maximum atomic E-state index is 14.2. The molecule has 5 rings (SSSR count). The number of halogens is 3. The molecule has 4 N–H and O–H groups in total. The second kappa shape index (κ2) is 13.8. The fourth-order valence-corrected chi connectivity index (χ4v) is 5.73. The average Bonchev–Trinajstić information content (AvgIpc) is 3.05. The van der Waals surface area contributed by atoms with Crippen LogP contribution in [-0.4, -0.2) is 91.0 Å². The summed E-state index contributed by atoms with van der Waals surface area (Å²) in [5, 5.41) is 6.27. The Morgan fingerprint density at radius 2 is 1.65 bits per heavy atom. The number of amides is 2. The molecular weight excluding hydrogens is 601 g/mol. The van der Waals surface area contributed by atoms with E-state index in [1.54, 1.807) is 41.2 Å². The lowest BCUT2D eigenvalue weighted by Gasteiger charge is -2.35. The van der Waals surface area contributed by atoms with Crippen molar-refractivity contribution in [3.63, 3.8) is 0 Å². The number of nitrogens with zero attached hydrogens (tertiary/aromatic N) is 5. The van der Waals surface area contributed by atoms with Gasteiger partial charge in [-0.3, -0.25) is 9.59 Å². The molecule has 11 nitrogen and oxygen atoms in total. The highest BCUT2D eigenvalue weighted by atomic mass is 19.4. The van der Waals surface area contributed by atoms with Crippen LogP contribution in [0.3, 0.4) is 0 Å². The van der Waals surface area contributed by atoms with Crippen molar-refractivity contribution in [2.24, 2.45) is 5.73 Å². The molecule has 0 radical (unpaired) electrons. The number of hydrogen-bond donors (Lipinski definition) is 3. The number of benzene rings is 2. The number of alkyl halides is 3. The monoisotopic (exact) mass is 640 g/mol. The summed E-state index contributed by atoms with van der Waals surface area (Å²) < 4.78 is 47.9. The molecule has 1 aromatic heterocycles. The number of piperazine rings is 1. The number of likely N-dealkylation sites (tertiary alicyclic amines) is 1. The van der Waals surface area contributed by atoms with Crippen LogP contribution in [0.4, 0.5) is 36.2 Å². The third-order valence-electron chi connectivity index (χ3n) is 8.40. The number of nitrogens with two attached hydrogens (primary N) is 1. The van der Waals surface area contributed by atoms with E-state index in [4.69, 9.17) is 10.5 Å². The minimum atomic E-state index is -4.60. The first kappa shape index (κ1) is 32.8. The summed E-state index contributed by atoms with van der Waals surface area (Å²) in [5.41, 5.74) is 5.96. The van der Waals surface area contributed by atoms with Crippen LogP contribution in [0.1, 0.15) is 51.9 Å². The van der Waals surface area contributed by atoms with E-state index >= 15 is 0 Å². The summed E-state index contributed by atoms with van der Waals surface area (Å²) >= 11 is 0. The molecule has 0 saturated carbocycles. The van der Waals surface area contributed by atoms with Crippen LogP contribution in [0.5, 0.6) is 5.75 Å². The van der Waals surface area contributed by atoms with Gasteiger partial charge in [-0.2, -0.15) is 13.2 Å². The van der Waals surface area contributed by atoms with E-state index in [-0.39, 0.29) is 34.8 Å². The van der Waals surface area contributed by atoms with Crippen molar-refractivity contribution in [1.29, 1.82) is 0 Å². The minimum absolute atomic E-state index is 0.0419. The lowest BCUT2D eigenvalue weighted by Crippen LogP contribution is -2.45. The Morgan fingerprint density at radius 3 is 2.24 bits per heavy atom. The van der Waals surface area contributed by atoms with Crippen molar-refractivity contribution in [2.75, 3.05) is 69.0 Å². The number of ether oxygens (including phenoxy) is 1. The maximum Gasteiger partial charge on any atom is 0.418 e. The number of likely N-dealkylation sites (N-methyl/N-ethyl adjacent to an activating group) is 1. The first-order chi connectivity index (χ1) is 22.0. The molecule has 0 aliphatic carbocycles. The number of carbonyl (C=O) groups excluding carboxylic acids is 2. The topological polar surface area (TPSA) is 129 Å². The number of anilines is 4. The Kier molecular flexibility index (Phi) is 9.85. The highest BCUT2D eigenvalue weighted by Crippen LogP contribution is 2.39. The fourth-order valence-electron chi connectivity index (χ4n) is 5.73. The minimum Gasteiger partial charge on any atom is -0.497 e. The SMILES string of the molecule is CCc1nc(C(N)=O)c(Nc2ccc(N3CCN(C)CC3)c(C(F)(F)F)c2)nc1NC1CCN(C(=O)c2ccc(OC)cc2)CC1. The number of aryl methyl sites for hydroxylation is 1. The van der Waals surface area contributed by atoms with E-state index < -0.39 is 17.6 Å². The van der Waals surface area contributed by atoms with Crippen LogP contribution >= 0.6 is 0 Å². The van der Waals surface area contributed by atoms with Gasteiger partial charge in [-0.15, -0.1) is 0 Å². The number of carbonyl (C=O) groups is 2. The molecule has 0 unspecified atom stereocenters. The van der Waals surface area contributed by atoms with E-state index in [0.717, 1.165) is 6.07 Å². The molecule has 14 heteroatoms. The number of aromatic nitrogens is 2. The Morgan fingerprint density at radius 1 is 0.978 bits per heavy atom. The van der Waals surface area contributed by atoms with Gasteiger partial charge >= 0.3 is 6.18 Å². The summed E-state index contributed by atoms with van der Waals surface area (Å²) in [7, 11) is 3.51. The van der Waals surface area contributed by atoms with Crippen molar-refractivity contribution in [1.82, 2.24) is 19.8 Å². The van der Waals surface area contributed by atoms with Crippen LogP contribution in [0.25, 0.3) is 0 Å². The highest BCUT2D eigenvalue weighted by Gasteiger charge is 2.36. The lowest BCUT2D eigenvalue weighted by atomic mass is 10.0. The van der Waals surface area contributed by atoms with Crippen molar-refractivity contribution in [3.05, 3.63) is 65.0 Å². The summed E-state index contributed by atoms with van der Waals surface area (Å²) in [6.45, 7) is 5.16. The van der Waals surface area contributed by atoms with Gasteiger partial charge in [0.25, 0.3) is 11.8 Å². The number of rotatable bonds is 9. The normalized spacial score (nSPS) is 16.3. The molecule has 246 valence electrons. The number of methoxy groups -OCH3 is 1. The summed E-state index contributed by atoms with van der Waals surface area (Å²) in [5.74, 6) is 0.114. The van der Waals surface area contributed by atoms with Gasteiger partial charge in [0.05, 0.1) is 18.4 Å². The Hall–Kier alpha value is -4.59. The second-order valence-electron chi connectivity index (χ2n) is 11.5. The van der Waals surface area contributed by atoms with Crippen molar-refractivity contribution in [3.8, 4) is 5.75 Å². The second-order valence-corrected chi connectivity index (χ2v) is 11.5. The van der Waals surface area contributed by atoms with Gasteiger partial charge < -0.3 is 35.8 Å². The van der Waals surface area contributed by atoms with Crippen LogP contribution < -0.4 is 26.0 Å². The smallest absolute Gasteiger partial charge is 0.418 e. The predicted octanol–water partition coefficient (Wildman–Crippen LogP) is 4.38. The fraction of sp³-hybridized carbons (Fsp3) is 0.438. The molecule has 2 amide bonds. The van der Waals surface area contributed by atoms with Gasteiger partial charge in [0.1, 0.15) is 5.75 Å². The van der Waals surface area contributed by atoms with Gasteiger partial charge in [0.2, 0.25) is 0 Å². The molecule has 0 bridgehead atoms. The van der Waals surface area contributed by atoms with E-state index in [1.165, 1.54) is 12.1 Å². The van der Waals surface area contributed by atoms with Gasteiger partial charge in [0, 0.05) is 62.2 Å². The molecule has 2 aliphatic heterocycles. The third-order valence-corrected chi connectivity index (χ3v) is 8.40. The van der Waals surface area contributed by atoms with E-state index in [1.807, 2.05) is 14.0 Å². The molecule has 2 aromatic carbocycles. The average molecular weight is 641 g/mol. The van der Waals surface area contributed by atoms with Gasteiger partial charge in [-0.1, -0.05) is 6.92 Å². The molecule has 0 spiro atoms. The maximum absolute atomic E-state index is 14.2. The Bertz CT molecular complexity index is 1550. The van der Waals surface area contributed by atoms with Crippen LogP contribution in [0.2, 0.25) is 0 Å². The summed E-state index contributed by atoms with van der Waals surface area (Å²) in [4.78, 5) is 40.0. The van der Waals surface area contributed by atoms with E-state index in [2.05, 4.69) is 25.5 Å². The zero-order valence-corrected chi connectivity index (χ0v) is 26.2.